The molecule has 0 aliphatic carbocycles. The first kappa shape index (κ1) is 27.4. The molecule has 0 aromatic heterocycles. The van der Waals surface area contributed by atoms with Gasteiger partial charge in [0.15, 0.2) is 0 Å². The zero-order valence-electron chi connectivity index (χ0n) is 20.6. The molecule has 1 N–H and O–H groups in total. The van der Waals surface area contributed by atoms with Gasteiger partial charge in [0, 0.05) is 13.0 Å². The molecule has 1 fully saturated rings. The van der Waals surface area contributed by atoms with Gasteiger partial charge < -0.3 is 15.0 Å². The first-order chi connectivity index (χ1) is 14.7. The zero-order valence-corrected chi connectivity index (χ0v) is 20.6. The predicted octanol–water partition coefficient (Wildman–Crippen LogP) is 6.19. The Hall–Kier alpha value is -0.610. The van der Waals surface area contributed by atoms with E-state index in [0.717, 1.165) is 31.7 Å². The lowest BCUT2D eigenvalue weighted by molar-refractivity contribution is -0.144. The molecule has 1 rings (SSSR count). The van der Waals surface area contributed by atoms with E-state index in [0.29, 0.717) is 18.9 Å². The summed E-state index contributed by atoms with van der Waals surface area (Å²) in [7, 11) is 0. The molecule has 1 unspecified atom stereocenters. The molecule has 1 aliphatic rings. The molecule has 1 atom stereocenters. The maximum atomic E-state index is 12.0. The molecule has 4 nitrogen and oxygen atoms in total. The number of carbonyl (C=O) groups excluding carboxylic acids is 1. The highest BCUT2D eigenvalue weighted by Gasteiger charge is 2.15. The van der Waals surface area contributed by atoms with Gasteiger partial charge in [-0.15, -0.1) is 0 Å². The molecule has 0 aromatic rings. The highest BCUT2D eigenvalue weighted by atomic mass is 16.5. The summed E-state index contributed by atoms with van der Waals surface area (Å²) in [6.45, 7) is 13.0. The molecule has 1 saturated heterocycles. The normalized spacial score (nSPS) is 16.1. The molecule has 0 saturated carbocycles. The van der Waals surface area contributed by atoms with Crippen molar-refractivity contribution in [3.63, 3.8) is 0 Å². The summed E-state index contributed by atoms with van der Waals surface area (Å²) in [5, 5.41) is 3.48. The molecule has 1 aliphatic heterocycles. The van der Waals surface area contributed by atoms with E-state index in [2.05, 4.69) is 31.0 Å². The van der Waals surface area contributed by atoms with Crippen LogP contribution in [-0.2, 0) is 9.53 Å². The Balaban J connectivity index is 2.23. The van der Waals surface area contributed by atoms with E-state index >= 15 is 0 Å². The highest BCUT2D eigenvalue weighted by Crippen LogP contribution is 2.17. The van der Waals surface area contributed by atoms with Crippen molar-refractivity contribution in [2.45, 2.75) is 111 Å². The Morgan fingerprint density at radius 2 is 1.60 bits per heavy atom. The molecule has 0 aromatic carbocycles. The van der Waals surface area contributed by atoms with Crippen LogP contribution in [0.3, 0.4) is 0 Å². The van der Waals surface area contributed by atoms with E-state index in [4.69, 9.17) is 4.74 Å². The van der Waals surface area contributed by atoms with Crippen molar-refractivity contribution in [3.05, 3.63) is 0 Å². The van der Waals surface area contributed by atoms with Crippen molar-refractivity contribution in [3.8, 4) is 0 Å². The van der Waals surface area contributed by atoms with Crippen LogP contribution < -0.4 is 5.32 Å². The van der Waals surface area contributed by atoms with Crippen molar-refractivity contribution < 1.29 is 9.53 Å². The van der Waals surface area contributed by atoms with Crippen molar-refractivity contribution in [1.29, 1.82) is 0 Å². The van der Waals surface area contributed by atoms with Crippen LogP contribution in [0.4, 0.5) is 0 Å². The Bertz CT molecular complexity index is 396. The van der Waals surface area contributed by atoms with Gasteiger partial charge in [-0.3, -0.25) is 4.79 Å². The van der Waals surface area contributed by atoms with Crippen LogP contribution in [0.25, 0.3) is 0 Å². The largest absolute Gasteiger partial charge is 0.466 e. The zero-order chi connectivity index (χ0) is 21.9. The van der Waals surface area contributed by atoms with Crippen LogP contribution in [-0.4, -0.2) is 50.2 Å². The van der Waals surface area contributed by atoms with E-state index in [9.17, 15) is 4.79 Å². The van der Waals surface area contributed by atoms with Gasteiger partial charge in [-0.25, -0.2) is 0 Å². The fourth-order valence-electron chi connectivity index (χ4n) is 4.58. The van der Waals surface area contributed by atoms with Gasteiger partial charge in [0.1, 0.15) is 0 Å². The lowest BCUT2D eigenvalue weighted by Gasteiger charge is -2.27. The van der Waals surface area contributed by atoms with Crippen LogP contribution in [0.5, 0.6) is 0 Å². The minimum Gasteiger partial charge on any atom is -0.466 e. The molecule has 1 heterocycles. The molecule has 0 amide bonds. The van der Waals surface area contributed by atoms with E-state index in [1.165, 1.54) is 90.4 Å². The predicted molar refractivity (Wildman–Crippen MR) is 129 cm³/mol. The fraction of sp³-hybridized carbons (Fsp3) is 0.962. The van der Waals surface area contributed by atoms with E-state index < -0.39 is 0 Å². The van der Waals surface area contributed by atoms with Crippen LogP contribution in [0.1, 0.15) is 111 Å². The Morgan fingerprint density at radius 1 is 0.933 bits per heavy atom. The van der Waals surface area contributed by atoms with Crippen LogP contribution in [0, 0.1) is 11.8 Å². The second kappa shape index (κ2) is 19.1. The van der Waals surface area contributed by atoms with E-state index in [1.807, 2.05) is 0 Å². The maximum absolute atomic E-state index is 12.0. The smallest absolute Gasteiger partial charge is 0.306 e. The molecular formula is C26H52N2O2. The van der Waals surface area contributed by atoms with Crippen LogP contribution >= 0.6 is 0 Å². The maximum Gasteiger partial charge on any atom is 0.306 e. The number of nitrogens with zero attached hydrogens (tertiary/aromatic N) is 1. The first-order valence-electron chi connectivity index (χ1n) is 13.2. The fourth-order valence-corrected chi connectivity index (χ4v) is 4.58. The third-order valence-corrected chi connectivity index (χ3v) is 6.57. The monoisotopic (exact) mass is 424 g/mol. The Labute approximate surface area is 187 Å². The van der Waals surface area contributed by atoms with E-state index in [1.54, 1.807) is 0 Å². The average molecular weight is 425 g/mol. The molecule has 0 spiro atoms. The molecular weight excluding hydrogens is 372 g/mol. The number of rotatable bonds is 19. The summed E-state index contributed by atoms with van der Waals surface area (Å²) in [6.07, 6.45) is 17.3. The van der Waals surface area contributed by atoms with Gasteiger partial charge in [-0.1, -0.05) is 72.1 Å². The number of nitrogens with one attached hydrogen (secondary N) is 1. The Kier molecular flexibility index (Phi) is 17.5. The first-order valence-corrected chi connectivity index (χ1v) is 13.2. The summed E-state index contributed by atoms with van der Waals surface area (Å²) < 4.78 is 5.51. The second-order valence-electron chi connectivity index (χ2n) is 9.62. The highest BCUT2D eigenvalue weighted by molar-refractivity contribution is 5.69. The number of hydrogen-bond donors (Lipinski definition) is 1. The summed E-state index contributed by atoms with van der Waals surface area (Å²) >= 11 is 0. The molecule has 178 valence electrons. The summed E-state index contributed by atoms with van der Waals surface area (Å²) in [4.78, 5) is 14.6. The van der Waals surface area contributed by atoms with Crippen molar-refractivity contribution in [2.24, 2.45) is 11.8 Å². The molecule has 0 radical (unpaired) electrons. The molecule has 4 heteroatoms. The van der Waals surface area contributed by atoms with Gasteiger partial charge >= 0.3 is 5.97 Å². The second-order valence-corrected chi connectivity index (χ2v) is 9.62. The van der Waals surface area contributed by atoms with Gasteiger partial charge in [0.25, 0.3) is 0 Å². The minimum atomic E-state index is -0.00992. The van der Waals surface area contributed by atoms with Gasteiger partial charge in [-0.05, 0) is 70.1 Å². The molecule has 30 heavy (non-hydrogen) atoms. The van der Waals surface area contributed by atoms with Crippen LogP contribution in [0.15, 0.2) is 0 Å². The number of unbranched alkanes of at least 4 members (excludes halogenated alkanes) is 6. The number of piperidine rings is 1. The number of carbonyl (C=O) groups is 1. The number of ether oxygens (including phenoxy) is 1. The lowest BCUT2D eigenvalue weighted by atomic mass is 9.94. The third kappa shape index (κ3) is 15.2. The van der Waals surface area contributed by atoms with Gasteiger partial charge in [-0.2, -0.15) is 0 Å². The van der Waals surface area contributed by atoms with Crippen molar-refractivity contribution in [1.82, 2.24) is 10.2 Å². The van der Waals surface area contributed by atoms with Gasteiger partial charge in [0.2, 0.25) is 0 Å². The molecule has 0 bridgehead atoms. The lowest BCUT2D eigenvalue weighted by Crippen LogP contribution is -2.33. The topological polar surface area (TPSA) is 41.6 Å². The average Bonchev–Trinajstić information content (AvgIpc) is 2.74. The summed E-state index contributed by atoms with van der Waals surface area (Å²) in [5.74, 6) is 1.33. The third-order valence-electron chi connectivity index (χ3n) is 6.57. The standard InChI is InChI=1S/C26H52N2O2/c1-4-6-7-8-9-10-11-19-28(21-16-25-14-17-27-18-15-25)20-12-22-30-26(29)23-24(3)13-5-2/h24-25,27H,4-23H2,1-3H3. The van der Waals surface area contributed by atoms with Crippen molar-refractivity contribution in [2.75, 3.05) is 39.3 Å². The quantitative estimate of drug-likeness (QED) is 0.198. The van der Waals surface area contributed by atoms with E-state index in [-0.39, 0.29) is 5.97 Å². The minimum absolute atomic E-state index is 0.00992. The number of esters is 1. The van der Waals surface area contributed by atoms with Crippen LogP contribution in [0.2, 0.25) is 0 Å². The van der Waals surface area contributed by atoms with Crippen molar-refractivity contribution >= 4 is 5.97 Å². The summed E-state index contributed by atoms with van der Waals surface area (Å²) in [5.41, 5.74) is 0. The van der Waals surface area contributed by atoms with Gasteiger partial charge in [0.05, 0.1) is 6.61 Å². The Morgan fingerprint density at radius 3 is 2.30 bits per heavy atom. The SMILES string of the molecule is CCCCCCCCCN(CCCOC(=O)CC(C)CCC)CCC1CCNCC1. The summed E-state index contributed by atoms with van der Waals surface area (Å²) in [6, 6.07) is 0. The number of hydrogen-bond acceptors (Lipinski definition) is 4.